The van der Waals surface area contributed by atoms with E-state index in [0.29, 0.717) is 6.61 Å². The van der Waals surface area contributed by atoms with Gasteiger partial charge in [0.1, 0.15) is 0 Å². The highest BCUT2D eigenvalue weighted by molar-refractivity contribution is 7.89. The van der Waals surface area contributed by atoms with Gasteiger partial charge < -0.3 is 10.1 Å². The van der Waals surface area contributed by atoms with Crippen LogP contribution in [-0.2, 0) is 14.8 Å². The quantitative estimate of drug-likeness (QED) is 0.732. The number of ether oxygens (including phenoxy) is 1. The average molecular weight is 264 g/mol. The SMILES string of the molecule is COCC(C)(C)NS(=O)(=O)CC1CCCCN1. The molecule has 5 nitrogen and oxygen atoms in total. The highest BCUT2D eigenvalue weighted by Gasteiger charge is 2.27. The largest absolute Gasteiger partial charge is 0.383 e. The smallest absolute Gasteiger partial charge is 0.213 e. The minimum atomic E-state index is -3.25. The van der Waals surface area contributed by atoms with E-state index >= 15 is 0 Å². The van der Waals surface area contributed by atoms with Crippen LogP contribution in [0.4, 0.5) is 0 Å². The Morgan fingerprint density at radius 1 is 1.41 bits per heavy atom. The summed E-state index contributed by atoms with van der Waals surface area (Å²) >= 11 is 0. The molecule has 0 saturated carbocycles. The van der Waals surface area contributed by atoms with Gasteiger partial charge in [0.15, 0.2) is 0 Å². The van der Waals surface area contributed by atoms with Crippen molar-refractivity contribution in [2.45, 2.75) is 44.7 Å². The number of methoxy groups -OCH3 is 1. The summed E-state index contributed by atoms with van der Waals surface area (Å²) in [4.78, 5) is 0. The van der Waals surface area contributed by atoms with E-state index in [1.54, 1.807) is 7.11 Å². The van der Waals surface area contributed by atoms with E-state index in [2.05, 4.69) is 10.0 Å². The number of hydrogen-bond donors (Lipinski definition) is 2. The molecular weight excluding hydrogens is 240 g/mol. The monoisotopic (exact) mass is 264 g/mol. The molecule has 0 aliphatic carbocycles. The molecule has 102 valence electrons. The molecule has 2 N–H and O–H groups in total. The summed E-state index contributed by atoms with van der Waals surface area (Å²) in [5.74, 6) is 0.153. The molecule has 17 heavy (non-hydrogen) atoms. The van der Waals surface area contributed by atoms with Crippen molar-refractivity contribution in [3.63, 3.8) is 0 Å². The molecule has 0 amide bonds. The number of rotatable bonds is 6. The van der Waals surface area contributed by atoms with Crippen LogP contribution < -0.4 is 10.0 Å². The normalized spacial score (nSPS) is 22.6. The fourth-order valence-corrected chi connectivity index (χ4v) is 3.98. The van der Waals surface area contributed by atoms with E-state index in [9.17, 15) is 8.42 Å². The second-order valence-corrected chi connectivity index (χ2v) is 7.11. The summed E-state index contributed by atoms with van der Waals surface area (Å²) < 4.78 is 31.7. The van der Waals surface area contributed by atoms with Crippen LogP contribution in [0.25, 0.3) is 0 Å². The lowest BCUT2D eigenvalue weighted by Gasteiger charge is -2.28. The summed E-state index contributed by atoms with van der Waals surface area (Å²) in [6.07, 6.45) is 3.18. The van der Waals surface area contributed by atoms with Gasteiger partial charge in [-0.1, -0.05) is 6.42 Å². The standard InChI is InChI=1S/C11H24N2O3S/c1-11(2,9-16-3)13-17(14,15)8-10-6-4-5-7-12-10/h10,12-13H,4-9H2,1-3H3. The first-order valence-corrected chi connectivity index (χ1v) is 7.74. The Morgan fingerprint density at radius 2 is 2.12 bits per heavy atom. The van der Waals surface area contributed by atoms with Crippen molar-refractivity contribution < 1.29 is 13.2 Å². The van der Waals surface area contributed by atoms with Crippen LogP contribution in [0.5, 0.6) is 0 Å². The zero-order valence-electron chi connectivity index (χ0n) is 11.0. The first-order chi connectivity index (χ1) is 7.85. The molecule has 0 aromatic rings. The Labute approximate surface area is 104 Å². The summed E-state index contributed by atoms with van der Waals surface area (Å²) in [6.45, 7) is 4.93. The predicted octanol–water partition coefficient (Wildman–Crippen LogP) is 0.473. The van der Waals surface area contributed by atoms with Gasteiger partial charge in [-0.05, 0) is 33.2 Å². The average Bonchev–Trinajstić information content (AvgIpc) is 2.15. The molecule has 0 aromatic heterocycles. The second-order valence-electron chi connectivity index (χ2n) is 5.35. The van der Waals surface area contributed by atoms with Crippen molar-refractivity contribution in [1.29, 1.82) is 0 Å². The molecule has 1 saturated heterocycles. The first-order valence-electron chi connectivity index (χ1n) is 6.09. The fourth-order valence-electron chi connectivity index (χ4n) is 2.18. The van der Waals surface area contributed by atoms with Gasteiger partial charge in [0.2, 0.25) is 10.0 Å². The molecule has 1 aliphatic rings. The maximum Gasteiger partial charge on any atom is 0.213 e. The van der Waals surface area contributed by atoms with Gasteiger partial charge in [0, 0.05) is 13.2 Å². The van der Waals surface area contributed by atoms with Crippen LogP contribution in [0, 0.1) is 0 Å². The zero-order valence-corrected chi connectivity index (χ0v) is 11.8. The van der Waals surface area contributed by atoms with Gasteiger partial charge in [0.25, 0.3) is 0 Å². The van der Waals surface area contributed by atoms with E-state index in [0.717, 1.165) is 25.8 Å². The molecule has 0 aromatic carbocycles. The van der Waals surface area contributed by atoms with E-state index < -0.39 is 15.6 Å². The topological polar surface area (TPSA) is 67.4 Å². The molecule has 1 heterocycles. The summed E-state index contributed by atoms with van der Waals surface area (Å²) in [5.41, 5.74) is -0.553. The van der Waals surface area contributed by atoms with Gasteiger partial charge in [-0.25, -0.2) is 13.1 Å². The van der Waals surface area contributed by atoms with Crippen LogP contribution in [0.15, 0.2) is 0 Å². The summed E-state index contributed by atoms with van der Waals surface area (Å²) in [5, 5.41) is 3.24. The number of piperidine rings is 1. The Hall–Kier alpha value is -0.170. The van der Waals surface area contributed by atoms with Gasteiger partial charge in [0.05, 0.1) is 17.9 Å². The van der Waals surface area contributed by atoms with Crippen molar-refractivity contribution in [2.75, 3.05) is 26.0 Å². The highest BCUT2D eigenvalue weighted by atomic mass is 32.2. The molecule has 1 rings (SSSR count). The van der Waals surface area contributed by atoms with Gasteiger partial charge in [-0.2, -0.15) is 0 Å². The lowest BCUT2D eigenvalue weighted by atomic mass is 10.1. The van der Waals surface area contributed by atoms with Crippen LogP contribution >= 0.6 is 0 Å². The zero-order chi connectivity index (χ0) is 12.9. The molecule has 0 bridgehead atoms. The molecule has 1 unspecified atom stereocenters. The third-order valence-corrected chi connectivity index (χ3v) is 4.47. The van der Waals surface area contributed by atoms with Crippen molar-refractivity contribution in [3.05, 3.63) is 0 Å². The lowest BCUT2D eigenvalue weighted by Crippen LogP contribution is -2.50. The molecule has 0 radical (unpaired) electrons. The van der Waals surface area contributed by atoms with Crippen LogP contribution in [0.1, 0.15) is 33.1 Å². The minimum absolute atomic E-state index is 0.0830. The first kappa shape index (κ1) is 14.9. The maximum atomic E-state index is 12.0. The lowest BCUT2D eigenvalue weighted by molar-refractivity contribution is 0.141. The van der Waals surface area contributed by atoms with Crippen molar-refractivity contribution >= 4 is 10.0 Å². The Bertz CT molecular complexity index is 322. The number of nitrogens with one attached hydrogen (secondary N) is 2. The van der Waals surface area contributed by atoms with Gasteiger partial charge in [-0.15, -0.1) is 0 Å². The number of hydrogen-bond acceptors (Lipinski definition) is 4. The molecule has 6 heteroatoms. The van der Waals surface area contributed by atoms with Crippen molar-refractivity contribution in [1.82, 2.24) is 10.0 Å². The Balaban J connectivity index is 2.50. The Morgan fingerprint density at radius 3 is 2.65 bits per heavy atom. The van der Waals surface area contributed by atoms with Gasteiger partial charge in [-0.3, -0.25) is 0 Å². The molecule has 1 aliphatic heterocycles. The molecular formula is C11H24N2O3S. The molecule has 1 fully saturated rings. The highest BCUT2D eigenvalue weighted by Crippen LogP contribution is 2.11. The second kappa shape index (κ2) is 6.13. The summed E-state index contributed by atoms with van der Waals surface area (Å²) in [6, 6.07) is 0.0830. The van der Waals surface area contributed by atoms with E-state index in [1.165, 1.54) is 0 Å². The maximum absolute atomic E-state index is 12.0. The van der Waals surface area contributed by atoms with Gasteiger partial charge >= 0.3 is 0 Å². The summed E-state index contributed by atoms with van der Waals surface area (Å²) in [7, 11) is -1.69. The molecule has 0 spiro atoms. The molecule has 1 atom stereocenters. The Kier molecular flexibility index (Phi) is 5.37. The van der Waals surface area contributed by atoms with Crippen molar-refractivity contribution in [2.24, 2.45) is 0 Å². The fraction of sp³-hybridized carbons (Fsp3) is 1.00. The minimum Gasteiger partial charge on any atom is -0.383 e. The van der Waals surface area contributed by atoms with E-state index in [1.807, 2.05) is 13.8 Å². The third-order valence-electron chi connectivity index (χ3n) is 2.77. The van der Waals surface area contributed by atoms with E-state index in [4.69, 9.17) is 4.74 Å². The van der Waals surface area contributed by atoms with Crippen LogP contribution in [0.3, 0.4) is 0 Å². The number of sulfonamides is 1. The predicted molar refractivity (Wildman–Crippen MR) is 68.5 cm³/mol. The van der Waals surface area contributed by atoms with Crippen LogP contribution in [0.2, 0.25) is 0 Å². The van der Waals surface area contributed by atoms with E-state index in [-0.39, 0.29) is 11.8 Å². The van der Waals surface area contributed by atoms with Crippen LogP contribution in [-0.4, -0.2) is 46.0 Å². The third kappa shape index (κ3) is 5.81. The van der Waals surface area contributed by atoms with Crippen molar-refractivity contribution in [3.8, 4) is 0 Å².